The van der Waals surface area contributed by atoms with Crippen LogP contribution in [0.5, 0.6) is 0 Å². The molecule has 0 amide bonds. The van der Waals surface area contributed by atoms with Crippen LogP contribution in [0.25, 0.3) is 0 Å². The Hall–Kier alpha value is -3.28. The first-order chi connectivity index (χ1) is 15.5. The van der Waals surface area contributed by atoms with E-state index >= 15 is 0 Å². The van der Waals surface area contributed by atoms with Gasteiger partial charge in [0.05, 0.1) is 0 Å². The molecule has 3 aromatic rings. The number of hydrogen-bond donors (Lipinski definition) is 1. The summed E-state index contributed by atoms with van der Waals surface area (Å²) in [6.07, 6.45) is 3.27. The van der Waals surface area contributed by atoms with E-state index in [4.69, 9.17) is 0 Å². The lowest BCUT2D eigenvalue weighted by molar-refractivity contribution is -0.107. The predicted octanol–water partition coefficient (Wildman–Crippen LogP) is 6.24. The summed E-state index contributed by atoms with van der Waals surface area (Å²) in [6, 6.07) is 12.6. The van der Waals surface area contributed by atoms with Crippen LogP contribution >= 0.6 is 0 Å². The topological polar surface area (TPSA) is 32.3 Å². The Kier molecular flexibility index (Phi) is 6.49. The summed E-state index contributed by atoms with van der Waals surface area (Å²) in [7, 11) is 0. The molecule has 0 aromatic heterocycles. The molecule has 3 nitrogen and oxygen atoms in total. The van der Waals surface area contributed by atoms with Crippen molar-refractivity contribution in [3.05, 3.63) is 88.2 Å². The first-order valence-corrected chi connectivity index (χ1v) is 10.8. The number of halogens is 3. The molecule has 0 bridgehead atoms. The highest BCUT2D eigenvalue weighted by molar-refractivity contribution is 5.72. The van der Waals surface area contributed by atoms with E-state index in [1.807, 2.05) is 17.9 Å². The van der Waals surface area contributed by atoms with Crippen molar-refractivity contribution >= 4 is 23.3 Å². The van der Waals surface area contributed by atoms with E-state index in [-0.39, 0.29) is 5.82 Å². The zero-order valence-electron chi connectivity index (χ0n) is 17.9. The van der Waals surface area contributed by atoms with E-state index in [9.17, 15) is 18.0 Å². The van der Waals surface area contributed by atoms with Crippen molar-refractivity contribution in [3.63, 3.8) is 0 Å². The van der Waals surface area contributed by atoms with Gasteiger partial charge in [0.2, 0.25) is 0 Å². The van der Waals surface area contributed by atoms with Crippen molar-refractivity contribution in [1.82, 2.24) is 0 Å². The fourth-order valence-electron chi connectivity index (χ4n) is 4.33. The summed E-state index contributed by atoms with van der Waals surface area (Å²) in [5.41, 5.74) is 5.86. The van der Waals surface area contributed by atoms with Crippen LogP contribution in [0.1, 0.15) is 35.1 Å². The van der Waals surface area contributed by atoms with E-state index in [0.717, 1.165) is 47.6 Å². The molecular weight excluding hydrogens is 413 g/mol. The summed E-state index contributed by atoms with van der Waals surface area (Å²) in [4.78, 5) is 12.5. The zero-order chi connectivity index (χ0) is 22.7. The smallest absolute Gasteiger partial charge is 0.128 e. The molecule has 4 rings (SSSR count). The molecule has 0 saturated carbocycles. The van der Waals surface area contributed by atoms with Crippen LogP contribution in [0.2, 0.25) is 0 Å². The number of rotatable bonds is 7. The molecule has 32 heavy (non-hydrogen) atoms. The number of nitrogens with one attached hydrogen (secondary N) is 1. The summed E-state index contributed by atoms with van der Waals surface area (Å²) in [6.45, 7) is 3.17. The lowest BCUT2D eigenvalue weighted by Gasteiger charge is -2.34. The van der Waals surface area contributed by atoms with Crippen LogP contribution in [0.4, 0.5) is 30.2 Å². The maximum absolute atomic E-state index is 14.3. The fourth-order valence-corrected chi connectivity index (χ4v) is 4.33. The normalized spacial score (nSPS) is 13.1. The fraction of sp³-hybridized carbons (Fsp3) is 0.269. The summed E-state index contributed by atoms with van der Waals surface area (Å²) < 4.78 is 42.0. The molecule has 1 heterocycles. The van der Waals surface area contributed by atoms with Crippen LogP contribution in [0.3, 0.4) is 0 Å². The number of aldehydes is 1. The van der Waals surface area contributed by atoms with Crippen LogP contribution in [-0.2, 0) is 24.2 Å². The predicted molar refractivity (Wildman–Crippen MR) is 121 cm³/mol. The van der Waals surface area contributed by atoms with Gasteiger partial charge in [0.1, 0.15) is 23.7 Å². The summed E-state index contributed by atoms with van der Waals surface area (Å²) in [5, 5.41) is 3.26. The molecule has 1 aliphatic heterocycles. The van der Waals surface area contributed by atoms with Gasteiger partial charge in [-0.3, -0.25) is 0 Å². The van der Waals surface area contributed by atoms with E-state index in [1.54, 1.807) is 12.1 Å². The molecule has 0 saturated heterocycles. The molecule has 166 valence electrons. The summed E-state index contributed by atoms with van der Waals surface area (Å²) >= 11 is 0. The molecule has 1 N–H and O–H groups in total. The van der Waals surface area contributed by atoms with Crippen LogP contribution in [0.15, 0.2) is 48.5 Å². The number of benzene rings is 3. The molecule has 0 radical (unpaired) electrons. The molecule has 1 aliphatic rings. The molecule has 0 spiro atoms. The van der Waals surface area contributed by atoms with Gasteiger partial charge in [-0.15, -0.1) is 0 Å². The number of anilines is 3. The monoisotopic (exact) mass is 438 g/mol. The highest BCUT2D eigenvalue weighted by atomic mass is 19.1. The van der Waals surface area contributed by atoms with Gasteiger partial charge >= 0.3 is 0 Å². The quantitative estimate of drug-likeness (QED) is 0.443. The Balaban J connectivity index is 1.58. The first kappa shape index (κ1) is 21.9. The van der Waals surface area contributed by atoms with Gasteiger partial charge in [0, 0.05) is 42.6 Å². The van der Waals surface area contributed by atoms with Gasteiger partial charge in [-0.05, 0) is 72.7 Å². The highest BCUT2D eigenvalue weighted by Gasteiger charge is 2.22. The third-order valence-electron chi connectivity index (χ3n) is 5.95. The number of carbonyl (C=O) groups excluding carboxylic acids is 1. The lowest BCUT2D eigenvalue weighted by Crippen LogP contribution is -2.26. The van der Waals surface area contributed by atoms with E-state index in [0.29, 0.717) is 42.9 Å². The maximum Gasteiger partial charge on any atom is 0.128 e. The average molecular weight is 438 g/mol. The van der Waals surface area contributed by atoms with E-state index in [1.165, 1.54) is 18.2 Å². The standard InChI is InChI=1S/C26H25F3N2O/c1-17-20(16-30-23-9-8-18(5-3-11-32)25(29)15-23)7-6-19-4-2-10-31(26(17)19)24-13-21(27)12-22(28)14-24/h6-9,11-15,30H,2-5,10,16H2,1H3. The molecule has 0 atom stereocenters. The number of aryl methyl sites for hydroxylation is 2. The van der Waals surface area contributed by atoms with Crippen molar-refractivity contribution in [2.45, 2.75) is 39.2 Å². The molecular formula is C26H25F3N2O. The van der Waals surface area contributed by atoms with Crippen molar-refractivity contribution in [1.29, 1.82) is 0 Å². The molecule has 0 unspecified atom stereocenters. The zero-order valence-corrected chi connectivity index (χ0v) is 17.9. The number of nitrogens with zero attached hydrogens (tertiary/aromatic N) is 1. The first-order valence-electron chi connectivity index (χ1n) is 10.8. The van der Waals surface area contributed by atoms with Crippen LogP contribution in [-0.4, -0.2) is 12.8 Å². The van der Waals surface area contributed by atoms with Crippen molar-refractivity contribution in [2.24, 2.45) is 0 Å². The minimum Gasteiger partial charge on any atom is -0.381 e. The second-order valence-corrected chi connectivity index (χ2v) is 8.11. The SMILES string of the molecule is Cc1c(CNc2ccc(CCC=O)c(F)c2)ccc2c1N(c1cc(F)cc(F)c1)CCC2. The second kappa shape index (κ2) is 9.47. The van der Waals surface area contributed by atoms with Gasteiger partial charge in [-0.1, -0.05) is 18.2 Å². The molecule has 6 heteroatoms. The molecule has 3 aromatic carbocycles. The average Bonchev–Trinajstić information content (AvgIpc) is 2.77. The number of carbonyl (C=O) groups is 1. The van der Waals surface area contributed by atoms with Gasteiger partial charge in [0.25, 0.3) is 0 Å². The minimum absolute atomic E-state index is 0.295. The van der Waals surface area contributed by atoms with Gasteiger partial charge in [-0.2, -0.15) is 0 Å². The van der Waals surface area contributed by atoms with Crippen molar-refractivity contribution in [3.8, 4) is 0 Å². The molecule has 0 aliphatic carbocycles. The van der Waals surface area contributed by atoms with Gasteiger partial charge in [-0.25, -0.2) is 13.2 Å². The lowest BCUT2D eigenvalue weighted by atomic mass is 9.94. The highest BCUT2D eigenvalue weighted by Crippen LogP contribution is 2.38. The van der Waals surface area contributed by atoms with Crippen molar-refractivity contribution in [2.75, 3.05) is 16.8 Å². The Morgan fingerprint density at radius 1 is 1.00 bits per heavy atom. The van der Waals surface area contributed by atoms with Gasteiger partial charge in [0.15, 0.2) is 0 Å². The maximum atomic E-state index is 14.3. The number of hydrogen-bond acceptors (Lipinski definition) is 3. The Bertz CT molecular complexity index is 1130. The van der Waals surface area contributed by atoms with Crippen molar-refractivity contribution < 1.29 is 18.0 Å². The Morgan fingerprint density at radius 3 is 2.47 bits per heavy atom. The Labute approximate surface area is 185 Å². The largest absolute Gasteiger partial charge is 0.381 e. The van der Waals surface area contributed by atoms with Gasteiger partial charge < -0.3 is 15.0 Å². The van der Waals surface area contributed by atoms with Crippen LogP contribution in [0, 0.1) is 24.4 Å². The third kappa shape index (κ3) is 4.64. The van der Waals surface area contributed by atoms with Crippen LogP contribution < -0.4 is 10.2 Å². The number of fused-ring (bicyclic) bond motifs is 1. The summed E-state index contributed by atoms with van der Waals surface area (Å²) in [5.74, 6) is -1.53. The third-order valence-corrected chi connectivity index (χ3v) is 5.95. The minimum atomic E-state index is -0.596. The van der Waals surface area contributed by atoms with E-state index in [2.05, 4.69) is 11.4 Å². The van der Waals surface area contributed by atoms with E-state index < -0.39 is 11.6 Å². The molecule has 0 fully saturated rings. The Morgan fingerprint density at radius 2 is 1.75 bits per heavy atom. The second-order valence-electron chi connectivity index (χ2n) is 8.11.